The molecule has 0 bridgehead atoms. The fraction of sp³-hybridized carbons (Fsp3) is 1.00. The Morgan fingerprint density at radius 1 is 0.739 bits per heavy atom. The maximum absolute atomic E-state index is 12.4. The van der Waals surface area contributed by atoms with Gasteiger partial charge in [-0.3, -0.25) is 13.6 Å². The quantitative estimate of drug-likeness (QED) is 0.215. The molecule has 0 N–H and O–H groups in total. The number of hydrogen-bond donors (Lipinski definition) is 0. The van der Waals surface area contributed by atoms with Gasteiger partial charge < -0.3 is 0 Å². The average Bonchev–Trinajstić information content (AvgIpc) is 2.50. The summed E-state index contributed by atoms with van der Waals surface area (Å²) in [6.07, 6.45) is 11.5. The lowest BCUT2D eigenvalue weighted by molar-refractivity contribution is 0.114. The van der Waals surface area contributed by atoms with Gasteiger partial charge in [0.25, 0.3) is 0 Å². The van der Waals surface area contributed by atoms with E-state index in [9.17, 15) is 4.57 Å². The molecule has 0 aliphatic carbocycles. The van der Waals surface area contributed by atoms with Crippen LogP contribution in [0, 0.1) is 5.92 Å². The largest absolute Gasteiger partial charge is 0.474 e. The number of rotatable bonds is 17. The number of phosphoric acid groups is 1. The fourth-order valence-electron chi connectivity index (χ4n) is 2.34. The van der Waals surface area contributed by atoms with Gasteiger partial charge in [0.1, 0.15) is 0 Å². The maximum atomic E-state index is 12.4. The van der Waals surface area contributed by atoms with Crippen LogP contribution in [0.5, 0.6) is 0 Å². The van der Waals surface area contributed by atoms with Crippen molar-refractivity contribution >= 4 is 7.82 Å². The summed E-state index contributed by atoms with van der Waals surface area (Å²) in [4.78, 5) is 0. The summed E-state index contributed by atoms with van der Waals surface area (Å²) in [5.41, 5.74) is 0. The van der Waals surface area contributed by atoms with Gasteiger partial charge in [0.2, 0.25) is 0 Å². The molecule has 0 fully saturated rings. The van der Waals surface area contributed by atoms with E-state index in [0.29, 0.717) is 19.8 Å². The fourth-order valence-corrected chi connectivity index (χ4v) is 3.58. The van der Waals surface area contributed by atoms with E-state index < -0.39 is 7.82 Å². The zero-order valence-electron chi connectivity index (χ0n) is 15.8. The standard InChI is InChI=1S/C18H39O4P/c1-5-7-8-13-16-21-23(19,20-6-2)22-17-14-11-9-10-12-15-18(3)4/h18H,5-17H2,1-4H3. The van der Waals surface area contributed by atoms with Gasteiger partial charge in [-0.25, -0.2) is 4.57 Å². The van der Waals surface area contributed by atoms with E-state index in [1.54, 1.807) is 0 Å². The van der Waals surface area contributed by atoms with Crippen LogP contribution >= 0.6 is 7.82 Å². The molecule has 4 nitrogen and oxygen atoms in total. The molecule has 140 valence electrons. The zero-order valence-corrected chi connectivity index (χ0v) is 16.7. The predicted molar refractivity (Wildman–Crippen MR) is 97.8 cm³/mol. The highest BCUT2D eigenvalue weighted by Crippen LogP contribution is 2.49. The van der Waals surface area contributed by atoms with Crippen LogP contribution in [-0.4, -0.2) is 19.8 Å². The number of phosphoric ester groups is 1. The van der Waals surface area contributed by atoms with Crippen molar-refractivity contribution in [3.05, 3.63) is 0 Å². The van der Waals surface area contributed by atoms with Crippen LogP contribution in [0.1, 0.15) is 91.9 Å². The first-order valence-electron chi connectivity index (χ1n) is 9.57. The Bertz CT molecular complexity index is 295. The summed E-state index contributed by atoms with van der Waals surface area (Å²) in [5.74, 6) is 0.796. The second-order valence-electron chi connectivity index (χ2n) is 6.54. The third kappa shape index (κ3) is 15.4. The summed E-state index contributed by atoms with van der Waals surface area (Å²) in [7, 11) is -3.34. The van der Waals surface area contributed by atoms with Gasteiger partial charge >= 0.3 is 7.82 Å². The van der Waals surface area contributed by atoms with E-state index >= 15 is 0 Å². The maximum Gasteiger partial charge on any atom is 0.474 e. The topological polar surface area (TPSA) is 44.8 Å². The lowest BCUT2D eigenvalue weighted by atomic mass is 10.0. The molecule has 0 amide bonds. The smallest absolute Gasteiger partial charge is 0.287 e. The molecule has 0 rings (SSSR count). The minimum Gasteiger partial charge on any atom is -0.287 e. The van der Waals surface area contributed by atoms with Gasteiger partial charge in [-0.2, -0.15) is 0 Å². The van der Waals surface area contributed by atoms with Crippen molar-refractivity contribution in [3.63, 3.8) is 0 Å². The second kappa shape index (κ2) is 15.6. The first-order chi connectivity index (χ1) is 11.0. The lowest BCUT2D eigenvalue weighted by Crippen LogP contribution is -2.03. The van der Waals surface area contributed by atoms with E-state index in [1.165, 1.54) is 38.5 Å². The van der Waals surface area contributed by atoms with Crippen molar-refractivity contribution in [2.45, 2.75) is 91.9 Å². The van der Waals surface area contributed by atoms with E-state index in [1.807, 2.05) is 6.92 Å². The van der Waals surface area contributed by atoms with Gasteiger partial charge in [-0.1, -0.05) is 72.1 Å². The van der Waals surface area contributed by atoms with Crippen molar-refractivity contribution in [1.82, 2.24) is 0 Å². The minimum absolute atomic E-state index is 0.349. The van der Waals surface area contributed by atoms with Crippen LogP contribution in [0.15, 0.2) is 0 Å². The van der Waals surface area contributed by atoms with Gasteiger partial charge in [0, 0.05) is 0 Å². The van der Waals surface area contributed by atoms with Crippen LogP contribution < -0.4 is 0 Å². The lowest BCUT2D eigenvalue weighted by Gasteiger charge is -2.17. The molecular weight excluding hydrogens is 311 g/mol. The Labute approximate surface area is 144 Å². The molecule has 5 heteroatoms. The summed E-state index contributed by atoms with van der Waals surface area (Å²) < 4.78 is 28.4. The molecular formula is C18H39O4P. The van der Waals surface area contributed by atoms with E-state index in [2.05, 4.69) is 20.8 Å². The van der Waals surface area contributed by atoms with Crippen molar-refractivity contribution in [3.8, 4) is 0 Å². The van der Waals surface area contributed by atoms with E-state index in [4.69, 9.17) is 13.6 Å². The number of unbranched alkanes of at least 4 members (excludes halogenated alkanes) is 7. The zero-order chi connectivity index (χ0) is 17.4. The van der Waals surface area contributed by atoms with Crippen molar-refractivity contribution < 1.29 is 18.1 Å². The van der Waals surface area contributed by atoms with Crippen LogP contribution in [0.2, 0.25) is 0 Å². The Balaban J connectivity index is 3.71. The molecule has 0 aromatic rings. The summed E-state index contributed by atoms with van der Waals surface area (Å²) >= 11 is 0. The van der Waals surface area contributed by atoms with Gasteiger partial charge in [-0.05, 0) is 25.7 Å². The summed E-state index contributed by atoms with van der Waals surface area (Å²) in [5, 5.41) is 0. The second-order valence-corrected chi connectivity index (χ2v) is 8.21. The molecule has 23 heavy (non-hydrogen) atoms. The predicted octanol–water partition coefficient (Wildman–Crippen LogP) is 6.74. The Morgan fingerprint density at radius 3 is 1.78 bits per heavy atom. The van der Waals surface area contributed by atoms with Crippen molar-refractivity contribution in [1.29, 1.82) is 0 Å². The van der Waals surface area contributed by atoms with Gasteiger partial charge in [0.15, 0.2) is 0 Å². The number of hydrogen-bond acceptors (Lipinski definition) is 4. The first-order valence-corrected chi connectivity index (χ1v) is 11.0. The minimum atomic E-state index is -3.34. The molecule has 0 heterocycles. The highest BCUT2D eigenvalue weighted by atomic mass is 31.2. The molecule has 1 unspecified atom stereocenters. The van der Waals surface area contributed by atoms with Crippen LogP contribution in [0.25, 0.3) is 0 Å². The molecule has 1 atom stereocenters. The molecule has 0 aromatic carbocycles. The molecule has 0 spiro atoms. The molecule has 0 saturated carbocycles. The Kier molecular flexibility index (Phi) is 15.7. The summed E-state index contributed by atoms with van der Waals surface area (Å²) in [6, 6.07) is 0. The van der Waals surface area contributed by atoms with Gasteiger partial charge in [-0.15, -0.1) is 0 Å². The van der Waals surface area contributed by atoms with Crippen LogP contribution in [-0.2, 0) is 18.1 Å². The van der Waals surface area contributed by atoms with Crippen LogP contribution in [0.3, 0.4) is 0 Å². The van der Waals surface area contributed by atoms with E-state index in [-0.39, 0.29) is 0 Å². The average molecular weight is 350 g/mol. The third-order valence-electron chi connectivity index (χ3n) is 3.71. The van der Waals surface area contributed by atoms with Gasteiger partial charge in [0.05, 0.1) is 19.8 Å². The Hall–Kier alpha value is 0.110. The third-order valence-corrected chi connectivity index (χ3v) is 5.28. The molecule has 0 radical (unpaired) electrons. The normalized spacial score (nSPS) is 14.3. The molecule has 0 aromatic heterocycles. The molecule has 0 aliphatic rings. The van der Waals surface area contributed by atoms with Crippen LogP contribution in [0.4, 0.5) is 0 Å². The highest BCUT2D eigenvalue weighted by Gasteiger charge is 2.25. The van der Waals surface area contributed by atoms with Crippen molar-refractivity contribution in [2.24, 2.45) is 5.92 Å². The first kappa shape index (κ1) is 23.1. The molecule has 0 aliphatic heterocycles. The SMILES string of the molecule is CCCCCCOP(=O)(OCC)OCCCCCCCC(C)C. The Morgan fingerprint density at radius 2 is 1.26 bits per heavy atom. The highest BCUT2D eigenvalue weighted by molar-refractivity contribution is 7.48. The van der Waals surface area contributed by atoms with E-state index in [0.717, 1.165) is 31.6 Å². The molecule has 0 saturated heterocycles. The summed E-state index contributed by atoms with van der Waals surface area (Å²) in [6.45, 7) is 9.76. The van der Waals surface area contributed by atoms with Crippen molar-refractivity contribution in [2.75, 3.05) is 19.8 Å². The monoisotopic (exact) mass is 350 g/mol.